The van der Waals surface area contributed by atoms with E-state index in [1.54, 1.807) is 6.92 Å². The minimum absolute atomic E-state index is 0.0593. The van der Waals surface area contributed by atoms with E-state index in [1.165, 1.54) is 24.3 Å². The van der Waals surface area contributed by atoms with Crippen LogP contribution in [0.5, 0.6) is 0 Å². The number of rotatable bonds is 3. The molecular weight excluding hydrogens is 348 g/mol. The summed E-state index contributed by atoms with van der Waals surface area (Å²) >= 11 is 4.42. The van der Waals surface area contributed by atoms with E-state index in [0.29, 0.717) is 17.2 Å². The summed E-state index contributed by atoms with van der Waals surface area (Å²) in [5.41, 5.74) is 0.0229. The fraction of sp³-hybridized carbons (Fsp3) is 0.400. The van der Waals surface area contributed by atoms with Crippen LogP contribution in [-0.2, 0) is 6.42 Å². The summed E-state index contributed by atoms with van der Waals surface area (Å²) in [6.45, 7) is 1.70. The molecule has 3 rings (SSSR count). The van der Waals surface area contributed by atoms with Crippen molar-refractivity contribution in [3.63, 3.8) is 0 Å². The van der Waals surface area contributed by atoms with Crippen LogP contribution in [0.3, 0.4) is 0 Å². The SMILES string of the molecule is CCc1ccc(-c2ccc(C3CCC(S)CC3)c(F)c2F)c(F)c1F. The molecule has 2 aromatic carbocycles. The second kappa shape index (κ2) is 7.40. The van der Waals surface area contributed by atoms with Crippen LogP contribution in [0.1, 0.15) is 49.7 Å². The van der Waals surface area contributed by atoms with Crippen molar-refractivity contribution in [3.8, 4) is 11.1 Å². The number of benzene rings is 2. The lowest BCUT2D eigenvalue weighted by Gasteiger charge is -2.26. The first-order valence-electron chi connectivity index (χ1n) is 8.57. The molecule has 25 heavy (non-hydrogen) atoms. The molecule has 0 aliphatic heterocycles. The van der Waals surface area contributed by atoms with Crippen LogP contribution in [0.15, 0.2) is 24.3 Å². The first-order chi connectivity index (χ1) is 11.9. The predicted octanol–water partition coefficient (Wildman–Crippen LogP) is 6.43. The van der Waals surface area contributed by atoms with Crippen LogP contribution in [0, 0.1) is 23.3 Å². The highest BCUT2D eigenvalue weighted by atomic mass is 32.1. The Kier molecular flexibility index (Phi) is 5.42. The van der Waals surface area contributed by atoms with Gasteiger partial charge in [0.15, 0.2) is 23.3 Å². The number of aryl methyl sites for hydroxylation is 1. The fourth-order valence-electron chi connectivity index (χ4n) is 3.55. The normalized spacial score (nSPS) is 20.7. The van der Waals surface area contributed by atoms with E-state index in [-0.39, 0.29) is 22.6 Å². The average molecular weight is 368 g/mol. The summed E-state index contributed by atoms with van der Waals surface area (Å²) in [6, 6.07) is 5.57. The summed E-state index contributed by atoms with van der Waals surface area (Å²) < 4.78 is 57.5. The van der Waals surface area contributed by atoms with Gasteiger partial charge in [-0.2, -0.15) is 12.6 Å². The van der Waals surface area contributed by atoms with Crippen molar-refractivity contribution >= 4 is 12.6 Å². The molecule has 0 radical (unpaired) electrons. The number of hydrogen-bond donors (Lipinski definition) is 1. The maximum atomic E-state index is 14.6. The van der Waals surface area contributed by atoms with Gasteiger partial charge in [0.1, 0.15) is 0 Å². The third-order valence-corrected chi connectivity index (χ3v) is 5.60. The Hall–Kier alpha value is -1.49. The summed E-state index contributed by atoms with van der Waals surface area (Å²) in [4.78, 5) is 0. The lowest BCUT2D eigenvalue weighted by Crippen LogP contribution is -2.14. The van der Waals surface area contributed by atoms with Gasteiger partial charge in [-0.1, -0.05) is 31.2 Å². The van der Waals surface area contributed by atoms with Gasteiger partial charge >= 0.3 is 0 Å². The van der Waals surface area contributed by atoms with Crippen LogP contribution in [0.2, 0.25) is 0 Å². The molecule has 0 spiro atoms. The molecule has 0 N–H and O–H groups in total. The van der Waals surface area contributed by atoms with Crippen molar-refractivity contribution in [1.29, 1.82) is 0 Å². The minimum atomic E-state index is -1.14. The van der Waals surface area contributed by atoms with Crippen molar-refractivity contribution in [1.82, 2.24) is 0 Å². The van der Waals surface area contributed by atoms with E-state index in [4.69, 9.17) is 0 Å². The van der Waals surface area contributed by atoms with Crippen molar-refractivity contribution in [2.24, 2.45) is 0 Å². The molecule has 0 unspecified atom stereocenters. The zero-order valence-electron chi connectivity index (χ0n) is 14.0. The highest BCUT2D eigenvalue weighted by molar-refractivity contribution is 7.80. The van der Waals surface area contributed by atoms with Crippen LogP contribution < -0.4 is 0 Å². The van der Waals surface area contributed by atoms with Gasteiger partial charge in [0.05, 0.1) is 0 Å². The van der Waals surface area contributed by atoms with Gasteiger partial charge in [0.25, 0.3) is 0 Å². The van der Waals surface area contributed by atoms with E-state index >= 15 is 0 Å². The monoisotopic (exact) mass is 368 g/mol. The molecule has 1 fully saturated rings. The Labute approximate surface area is 150 Å². The third kappa shape index (κ3) is 3.43. The molecule has 1 aliphatic carbocycles. The van der Waals surface area contributed by atoms with E-state index in [2.05, 4.69) is 12.6 Å². The first-order valence-corrected chi connectivity index (χ1v) is 9.08. The Bertz CT molecular complexity index is 780. The lowest BCUT2D eigenvalue weighted by atomic mass is 9.83. The largest absolute Gasteiger partial charge is 0.203 e. The molecule has 5 heteroatoms. The summed E-state index contributed by atoms with van der Waals surface area (Å²) in [5, 5.41) is 0.303. The molecule has 0 aromatic heterocycles. The second-order valence-corrected chi connectivity index (χ2v) is 7.32. The highest BCUT2D eigenvalue weighted by Crippen LogP contribution is 2.38. The number of thiol groups is 1. The standard InChI is InChI=1S/C20H20F4S/c1-2-11-5-8-15(19(23)17(11)21)16-10-9-14(18(22)20(16)24)12-3-6-13(25)7-4-12/h5,8-10,12-13,25H,2-4,6-7H2,1H3. The van der Waals surface area contributed by atoms with Gasteiger partial charge in [-0.15, -0.1) is 0 Å². The molecule has 0 heterocycles. The number of halogens is 4. The fourth-order valence-corrected chi connectivity index (χ4v) is 3.84. The van der Waals surface area contributed by atoms with Gasteiger partial charge in [-0.3, -0.25) is 0 Å². The van der Waals surface area contributed by atoms with E-state index in [0.717, 1.165) is 25.7 Å². The first kappa shape index (κ1) is 18.3. The molecule has 1 aliphatic rings. The highest BCUT2D eigenvalue weighted by Gasteiger charge is 2.26. The van der Waals surface area contributed by atoms with E-state index in [9.17, 15) is 17.6 Å². The van der Waals surface area contributed by atoms with Gasteiger partial charge in [0.2, 0.25) is 0 Å². The Morgan fingerprint density at radius 2 is 1.36 bits per heavy atom. The molecule has 1 saturated carbocycles. The molecular formula is C20H20F4S. The summed E-state index contributed by atoms with van der Waals surface area (Å²) in [5.74, 6) is -4.28. The third-order valence-electron chi connectivity index (χ3n) is 5.08. The van der Waals surface area contributed by atoms with Crippen molar-refractivity contribution in [2.75, 3.05) is 0 Å². The van der Waals surface area contributed by atoms with Gasteiger partial charge < -0.3 is 0 Å². The smallest absolute Gasteiger partial charge is 0.167 e. The maximum absolute atomic E-state index is 14.6. The Balaban J connectivity index is 2.00. The predicted molar refractivity (Wildman–Crippen MR) is 95.1 cm³/mol. The Morgan fingerprint density at radius 1 is 0.800 bits per heavy atom. The zero-order chi connectivity index (χ0) is 18.1. The molecule has 0 bridgehead atoms. The van der Waals surface area contributed by atoms with Crippen LogP contribution in [-0.4, -0.2) is 5.25 Å². The molecule has 0 atom stereocenters. The van der Waals surface area contributed by atoms with Crippen molar-refractivity contribution in [3.05, 3.63) is 58.7 Å². The van der Waals surface area contributed by atoms with Gasteiger partial charge in [0, 0.05) is 16.4 Å². The van der Waals surface area contributed by atoms with Crippen LogP contribution >= 0.6 is 12.6 Å². The van der Waals surface area contributed by atoms with Crippen molar-refractivity contribution < 1.29 is 17.6 Å². The molecule has 0 nitrogen and oxygen atoms in total. The average Bonchev–Trinajstić information content (AvgIpc) is 2.61. The van der Waals surface area contributed by atoms with E-state index < -0.39 is 23.3 Å². The Morgan fingerprint density at radius 3 is 1.96 bits per heavy atom. The number of hydrogen-bond acceptors (Lipinski definition) is 1. The van der Waals surface area contributed by atoms with Gasteiger partial charge in [-0.05, 0) is 49.1 Å². The molecule has 134 valence electrons. The molecule has 0 amide bonds. The summed E-state index contributed by atoms with van der Waals surface area (Å²) in [7, 11) is 0. The van der Waals surface area contributed by atoms with E-state index in [1.807, 2.05) is 0 Å². The second-order valence-electron chi connectivity index (χ2n) is 6.59. The molecule has 0 saturated heterocycles. The zero-order valence-corrected chi connectivity index (χ0v) is 14.9. The quantitative estimate of drug-likeness (QED) is 0.468. The lowest BCUT2D eigenvalue weighted by molar-refractivity contribution is 0.425. The maximum Gasteiger partial charge on any atom is 0.167 e. The van der Waals surface area contributed by atoms with Crippen molar-refractivity contribution in [2.45, 2.75) is 50.2 Å². The molecule has 2 aromatic rings. The topological polar surface area (TPSA) is 0 Å². The van der Waals surface area contributed by atoms with Crippen LogP contribution in [0.4, 0.5) is 17.6 Å². The van der Waals surface area contributed by atoms with Gasteiger partial charge in [-0.25, -0.2) is 17.6 Å². The minimum Gasteiger partial charge on any atom is -0.203 e. The summed E-state index contributed by atoms with van der Waals surface area (Å²) in [6.07, 6.45) is 3.53. The van der Waals surface area contributed by atoms with Crippen LogP contribution in [0.25, 0.3) is 11.1 Å².